The SMILES string of the molecule is CC(C)(C)OC(=O)N1CCCC(C(=O)OCc2cc(F)cc3c2OCOC3)C1. The molecule has 0 N–H and O–H groups in total. The van der Waals surface area contributed by atoms with Gasteiger partial charge in [-0.25, -0.2) is 9.18 Å². The molecule has 7 nitrogen and oxygen atoms in total. The van der Waals surface area contributed by atoms with E-state index in [0.717, 1.165) is 0 Å². The number of piperidine rings is 1. The number of nitrogens with zero attached hydrogens (tertiary/aromatic N) is 1. The van der Waals surface area contributed by atoms with Crippen molar-refractivity contribution in [1.82, 2.24) is 4.90 Å². The molecule has 2 aliphatic heterocycles. The largest absolute Gasteiger partial charge is 0.467 e. The van der Waals surface area contributed by atoms with Gasteiger partial charge in [0.05, 0.1) is 12.5 Å². The molecule has 1 saturated heterocycles. The number of likely N-dealkylation sites (tertiary alicyclic amines) is 1. The first-order valence-electron chi connectivity index (χ1n) is 9.39. The van der Waals surface area contributed by atoms with Crippen molar-refractivity contribution >= 4 is 12.1 Å². The van der Waals surface area contributed by atoms with E-state index in [4.69, 9.17) is 18.9 Å². The van der Waals surface area contributed by atoms with Gasteiger partial charge in [-0.2, -0.15) is 0 Å². The molecule has 3 rings (SSSR count). The summed E-state index contributed by atoms with van der Waals surface area (Å²) in [6, 6.07) is 2.64. The van der Waals surface area contributed by atoms with E-state index in [-0.39, 0.29) is 26.6 Å². The topological polar surface area (TPSA) is 74.3 Å². The monoisotopic (exact) mass is 395 g/mol. The van der Waals surface area contributed by atoms with Crippen LogP contribution in [-0.4, -0.2) is 42.4 Å². The lowest BCUT2D eigenvalue weighted by molar-refractivity contribution is -0.151. The molecular formula is C20H26FNO6. The minimum absolute atomic E-state index is 0.0764. The lowest BCUT2D eigenvalue weighted by Gasteiger charge is -2.33. The number of hydrogen-bond donors (Lipinski definition) is 0. The van der Waals surface area contributed by atoms with Crippen LogP contribution in [0.3, 0.4) is 0 Å². The Balaban J connectivity index is 1.59. The summed E-state index contributed by atoms with van der Waals surface area (Å²) in [7, 11) is 0. The van der Waals surface area contributed by atoms with E-state index in [2.05, 4.69) is 0 Å². The third-order valence-electron chi connectivity index (χ3n) is 4.53. The quantitative estimate of drug-likeness (QED) is 0.731. The predicted octanol–water partition coefficient (Wildman–Crippen LogP) is 3.38. The van der Waals surface area contributed by atoms with Crippen molar-refractivity contribution in [3.8, 4) is 5.75 Å². The Morgan fingerprint density at radius 2 is 2.11 bits per heavy atom. The van der Waals surface area contributed by atoms with E-state index in [1.165, 1.54) is 17.0 Å². The molecule has 154 valence electrons. The normalized spacial score (nSPS) is 19.4. The van der Waals surface area contributed by atoms with Gasteiger partial charge in [0, 0.05) is 24.2 Å². The van der Waals surface area contributed by atoms with Gasteiger partial charge in [0.25, 0.3) is 0 Å². The molecule has 1 unspecified atom stereocenters. The zero-order chi connectivity index (χ0) is 20.3. The first-order valence-corrected chi connectivity index (χ1v) is 9.39. The summed E-state index contributed by atoms with van der Waals surface area (Å²) in [6.07, 6.45) is 0.885. The van der Waals surface area contributed by atoms with Gasteiger partial charge < -0.3 is 23.8 Å². The fourth-order valence-corrected chi connectivity index (χ4v) is 3.29. The molecule has 8 heteroatoms. The number of ether oxygens (including phenoxy) is 4. The van der Waals surface area contributed by atoms with Crippen LogP contribution in [0.15, 0.2) is 12.1 Å². The molecule has 1 atom stereocenters. The first-order chi connectivity index (χ1) is 13.2. The number of rotatable bonds is 3. The highest BCUT2D eigenvalue weighted by atomic mass is 19.1. The van der Waals surface area contributed by atoms with Crippen molar-refractivity contribution in [1.29, 1.82) is 0 Å². The summed E-state index contributed by atoms with van der Waals surface area (Å²) in [5.74, 6) is -0.791. The van der Waals surface area contributed by atoms with Crippen LogP contribution in [0.25, 0.3) is 0 Å². The van der Waals surface area contributed by atoms with Gasteiger partial charge in [-0.05, 0) is 45.7 Å². The van der Waals surface area contributed by atoms with Crippen LogP contribution in [0.2, 0.25) is 0 Å². The van der Waals surface area contributed by atoms with Gasteiger partial charge in [0.2, 0.25) is 0 Å². The summed E-state index contributed by atoms with van der Waals surface area (Å²) in [4.78, 5) is 26.3. The van der Waals surface area contributed by atoms with Crippen LogP contribution >= 0.6 is 0 Å². The molecule has 0 radical (unpaired) electrons. The standard InChI is InChI=1S/C20H26FNO6/c1-20(2,3)28-19(24)22-6-4-5-13(9-22)18(23)26-11-15-8-16(21)7-14-10-25-12-27-17(14)15/h7-8,13H,4-6,9-12H2,1-3H3. The number of hydrogen-bond acceptors (Lipinski definition) is 6. The molecule has 1 aromatic carbocycles. The maximum absolute atomic E-state index is 13.8. The van der Waals surface area contributed by atoms with Crippen LogP contribution in [0.5, 0.6) is 5.75 Å². The van der Waals surface area contributed by atoms with Crippen molar-refractivity contribution in [3.05, 3.63) is 29.1 Å². The maximum Gasteiger partial charge on any atom is 0.410 e. The second-order valence-electron chi connectivity index (χ2n) is 8.04. The molecule has 0 bridgehead atoms. The number of carbonyl (C=O) groups excluding carboxylic acids is 2. The maximum atomic E-state index is 13.8. The van der Waals surface area contributed by atoms with Crippen LogP contribution in [0.4, 0.5) is 9.18 Å². The second-order valence-corrected chi connectivity index (χ2v) is 8.04. The second kappa shape index (κ2) is 8.34. The highest BCUT2D eigenvalue weighted by molar-refractivity contribution is 5.75. The fourth-order valence-electron chi connectivity index (χ4n) is 3.29. The highest BCUT2D eigenvalue weighted by Crippen LogP contribution is 2.30. The molecule has 1 aromatic rings. The minimum Gasteiger partial charge on any atom is -0.467 e. The summed E-state index contributed by atoms with van der Waals surface area (Å²) in [6.45, 7) is 6.42. The number of amides is 1. The number of fused-ring (bicyclic) bond motifs is 1. The van der Waals surface area contributed by atoms with Crippen molar-refractivity contribution in [3.63, 3.8) is 0 Å². The molecule has 2 aliphatic rings. The minimum atomic E-state index is -0.593. The van der Waals surface area contributed by atoms with E-state index in [1.807, 2.05) is 0 Å². The average Bonchev–Trinajstić information content (AvgIpc) is 2.64. The fraction of sp³-hybridized carbons (Fsp3) is 0.600. The lowest BCUT2D eigenvalue weighted by atomic mass is 9.98. The molecule has 0 spiro atoms. The Kier molecular flexibility index (Phi) is 6.07. The van der Waals surface area contributed by atoms with Crippen LogP contribution < -0.4 is 4.74 Å². The zero-order valence-corrected chi connectivity index (χ0v) is 16.5. The first kappa shape index (κ1) is 20.4. The predicted molar refractivity (Wildman–Crippen MR) is 97.0 cm³/mol. The van der Waals surface area contributed by atoms with Crippen molar-refractivity contribution in [2.24, 2.45) is 5.92 Å². The Morgan fingerprint density at radius 1 is 1.32 bits per heavy atom. The van der Waals surface area contributed by atoms with Crippen molar-refractivity contribution in [2.75, 3.05) is 19.9 Å². The molecule has 0 aliphatic carbocycles. The smallest absolute Gasteiger partial charge is 0.410 e. The van der Waals surface area contributed by atoms with E-state index >= 15 is 0 Å². The van der Waals surface area contributed by atoms with Gasteiger partial charge in [-0.3, -0.25) is 4.79 Å². The summed E-state index contributed by atoms with van der Waals surface area (Å²) in [5.41, 5.74) is 0.461. The number of esters is 1. The van der Waals surface area contributed by atoms with Crippen LogP contribution in [0, 0.1) is 11.7 Å². The van der Waals surface area contributed by atoms with E-state index in [1.54, 1.807) is 20.8 Å². The zero-order valence-electron chi connectivity index (χ0n) is 16.5. The summed E-state index contributed by atoms with van der Waals surface area (Å²) < 4.78 is 35.2. The van der Waals surface area contributed by atoms with Gasteiger partial charge >= 0.3 is 12.1 Å². The Labute approximate surface area is 163 Å². The molecule has 1 fully saturated rings. The number of halogens is 1. The third kappa shape index (κ3) is 5.13. The lowest BCUT2D eigenvalue weighted by Crippen LogP contribution is -2.45. The third-order valence-corrected chi connectivity index (χ3v) is 4.53. The van der Waals surface area contributed by atoms with Gasteiger partial charge in [0.1, 0.15) is 23.8 Å². The van der Waals surface area contributed by atoms with E-state index in [9.17, 15) is 14.0 Å². The van der Waals surface area contributed by atoms with Crippen molar-refractivity contribution < 1.29 is 32.9 Å². The number of benzene rings is 1. The molecular weight excluding hydrogens is 369 g/mol. The van der Waals surface area contributed by atoms with Crippen LogP contribution in [0.1, 0.15) is 44.7 Å². The van der Waals surface area contributed by atoms with Gasteiger partial charge in [0.15, 0.2) is 6.79 Å². The molecule has 1 amide bonds. The molecule has 0 aromatic heterocycles. The summed E-state index contributed by atoms with van der Waals surface area (Å²) >= 11 is 0. The van der Waals surface area contributed by atoms with Crippen LogP contribution in [-0.2, 0) is 32.2 Å². The Hall–Kier alpha value is -2.35. The highest BCUT2D eigenvalue weighted by Gasteiger charge is 2.32. The summed E-state index contributed by atoms with van der Waals surface area (Å²) in [5, 5.41) is 0. The average molecular weight is 395 g/mol. The molecule has 0 saturated carbocycles. The Morgan fingerprint density at radius 3 is 2.86 bits per heavy atom. The van der Waals surface area contributed by atoms with Crippen molar-refractivity contribution in [2.45, 2.75) is 52.4 Å². The molecule has 2 heterocycles. The Bertz CT molecular complexity index is 745. The van der Waals surface area contributed by atoms with E-state index < -0.39 is 29.4 Å². The molecule has 28 heavy (non-hydrogen) atoms. The van der Waals surface area contributed by atoms with E-state index in [0.29, 0.717) is 36.3 Å². The number of carbonyl (C=O) groups is 2. The van der Waals surface area contributed by atoms with Gasteiger partial charge in [-0.15, -0.1) is 0 Å². The van der Waals surface area contributed by atoms with Gasteiger partial charge in [-0.1, -0.05) is 0 Å².